The number of benzene rings is 1. The van der Waals surface area contributed by atoms with Gasteiger partial charge >= 0.3 is 6.03 Å². The lowest BCUT2D eigenvalue weighted by Gasteiger charge is -2.36. The number of imide groups is 1. The summed E-state index contributed by atoms with van der Waals surface area (Å²) in [4.78, 5) is 51.4. The molecule has 3 aromatic rings. The fraction of sp³-hybridized carbons (Fsp3) is 0.211. The van der Waals surface area contributed by atoms with Crippen LogP contribution < -0.4 is 15.4 Å². The SMILES string of the molecule is COc1ccc2c(c1)C(=O)N(C1(c3cnc4[nH]cnc4c3C)NC(=O)NC1=O)C2. The van der Waals surface area contributed by atoms with E-state index in [0.29, 0.717) is 33.6 Å². The molecule has 1 unspecified atom stereocenters. The first-order valence-corrected chi connectivity index (χ1v) is 8.87. The van der Waals surface area contributed by atoms with Crippen LogP contribution >= 0.6 is 0 Å². The molecule has 4 amide bonds. The molecule has 0 aliphatic carbocycles. The summed E-state index contributed by atoms with van der Waals surface area (Å²) in [6.45, 7) is 1.92. The van der Waals surface area contributed by atoms with Crippen molar-refractivity contribution in [3.63, 3.8) is 0 Å². The highest BCUT2D eigenvalue weighted by Crippen LogP contribution is 2.39. The maximum absolute atomic E-state index is 13.3. The number of pyridine rings is 1. The van der Waals surface area contributed by atoms with E-state index in [2.05, 4.69) is 25.6 Å². The summed E-state index contributed by atoms with van der Waals surface area (Å²) in [6, 6.07) is 4.47. The number of hydrogen-bond donors (Lipinski definition) is 3. The number of hydrogen-bond acceptors (Lipinski definition) is 6. The highest BCUT2D eigenvalue weighted by atomic mass is 16.5. The summed E-state index contributed by atoms with van der Waals surface area (Å²) in [6.07, 6.45) is 2.98. The van der Waals surface area contributed by atoms with E-state index in [1.807, 2.05) is 0 Å². The lowest BCUT2D eigenvalue weighted by atomic mass is 9.94. The van der Waals surface area contributed by atoms with Crippen LogP contribution in [0.2, 0.25) is 0 Å². The molecule has 2 aliphatic rings. The number of nitrogens with zero attached hydrogens (tertiary/aromatic N) is 3. The number of aromatic nitrogens is 3. The van der Waals surface area contributed by atoms with Gasteiger partial charge in [0.1, 0.15) is 11.3 Å². The summed E-state index contributed by atoms with van der Waals surface area (Å²) in [5.41, 5.74) is 1.54. The molecule has 0 spiro atoms. The van der Waals surface area contributed by atoms with Crippen LogP contribution in [-0.4, -0.2) is 44.8 Å². The predicted octanol–water partition coefficient (Wildman–Crippen LogP) is 0.923. The normalized spacial score (nSPS) is 20.8. The molecule has 2 aromatic heterocycles. The van der Waals surface area contributed by atoms with Gasteiger partial charge in [-0.15, -0.1) is 0 Å². The van der Waals surface area contributed by atoms with Crippen molar-refractivity contribution >= 4 is 29.0 Å². The Kier molecular flexibility index (Phi) is 3.42. The average Bonchev–Trinajstić information content (AvgIpc) is 3.39. The number of aromatic amines is 1. The number of methoxy groups -OCH3 is 1. The van der Waals surface area contributed by atoms with Gasteiger partial charge in [-0.05, 0) is 30.2 Å². The van der Waals surface area contributed by atoms with E-state index in [1.165, 1.54) is 24.5 Å². The summed E-state index contributed by atoms with van der Waals surface area (Å²) in [5, 5.41) is 4.92. The van der Waals surface area contributed by atoms with Crippen molar-refractivity contribution in [2.45, 2.75) is 19.1 Å². The molecule has 1 fully saturated rings. The highest BCUT2D eigenvalue weighted by molar-refractivity contribution is 6.11. The van der Waals surface area contributed by atoms with Gasteiger partial charge in [-0.3, -0.25) is 19.8 Å². The molecule has 3 N–H and O–H groups in total. The van der Waals surface area contributed by atoms with Gasteiger partial charge in [0.05, 0.1) is 13.4 Å². The number of H-pyrrole nitrogens is 1. The number of imidazole rings is 1. The molecule has 1 aromatic carbocycles. The summed E-state index contributed by atoms with van der Waals surface area (Å²) in [5.74, 6) is -0.503. The molecule has 1 atom stereocenters. The van der Waals surface area contributed by atoms with Crippen molar-refractivity contribution in [3.05, 3.63) is 53.0 Å². The number of carbonyl (C=O) groups is 3. The number of nitrogens with one attached hydrogen (secondary N) is 3. The molecule has 1 saturated heterocycles. The molecule has 146 valence electrons. The van der Waals surface area contributed by atoms with Crippen LogP contribution in [0.1, 0.15) is 27.0 Å². The van der Waals surface area contributed by atoms with E-state index in [4.69, 9.17) is 4.74 Å². The third-order valence-electron chi connectivity index (χ3n) is 5.47. The lowest BCUT2D eigenvalue weighted by molar-refractivity contribution is -0.130. The maximum atomic E-state index is 13.3. The van der Waals surface area contributed by atoms with Crippen molar-refractivity contribution in [1.29, 1.82) is 0 Å². The standard InChI is InChI=1S/C19H16N6O4/c1-9-13(6-20-15-14(9)21-8-22-15)19(17(27)23-18(28)24-19)25-7-10-3-4-11(29-2)5-12(10)16(25)26/h3-6,8H,7H2,1-2H3,(H,20,21,22)(H2,23,24,27,28). The zero-order chi connectivity index (χ0) is 20.3. The summed E-state index contributed by atoms with van der Waals surface area (Å²) in [7, 11) is 1.51. The quantitative estimate of drug-likeness (QED) is 0.569. The summed E-state index contributed by atoms with van der Waals surface area (Å²) >= 11 is 0. The number of ether oxygens (including phenoxy) is 1. The fourth-order valence-electron chi connectivity index (χ4n) is 4.03. The average molecular weight is 392 g/mol. The first-order chi connectivity index (χ1) is 14.0. The van der Waals surface area contributed by atoms with Crippen LogP contribution in [-0.2, 0) is 17.0 Å². The van der Waals surface area contributed by atoms with Gasteiger partial charge in [0.25, 0.3) is 11.8 Å². The monoisotopic (exact) mass is 392 g/mol. The molecule has 0 saturated carbocycles. The lowest BCUT2D eigenvalue weighted by Crippen LogP contribution is -2.58. The van der Waals surface area contributed by atoms with Crippen LogP contribution in [0.15, 0.2) is 30.7 Å². The molecule has 4 heterocycles. The van der Waals surface area contributed by atoms with Crippen molar-refractivity contribution in [2.24, 2.45) is 0 Å². The van der Waals surface area contributed by atoms with Crippen LogP contribution in [0.3, 0.4) is 0 Å². The molecule has 29 heavy (non-hydrogen) atoms. The van der Waals surface area contributed by atoms with Crippen molar-refractivity contribution in [3.8, 4) is 5.75 Å². The van der Waals surface area contributed by atoms with E-state index < -0.39 is 23.5 Å². The largest absolute Gasteiger partial charge is 0.497 e. The topological polar surface area (TPSA) is 129 Å². The summed E-state index contributed by atoms with van der Waals surface area (Å²) < 4.78 is 5.21. The number of aryl methyl sites for hydroxylation is 1. The van der Waals surface area contributed by atoms with E-state index in [0.717, 1.165) is 5.56 Å². The van der Waals surface area contributed by atoms with Gasteiger partial charge < -0.3 is 15.0 Å². The minimum absolute atomic E-state index is 0.143. The minimum atomic E-state index is -1.73. The minimum Gasteiger partial charge on any atom is -0.497 e. The molecule has 2 aliphatic heterocycles. The Morgan fingerprint density at radius 2 is 2.03 bits per heavy atom. The molecule has 0 radical (unpaired) electrons. The maximum Gasteiger partial charge on any atom is 0.324 e. The Morgan fingerprint density at radius 3 is 2.76 bits per heavy atom. The molecule has 5 rings (SSSR count). The van der Waals surface area contributed by atoms with Gasteiger partial charge in [-0.1, -0.05) is 6.07 Å². The van der Waals surface area contributed by atoms with Gasteiger partial charge in [0, 0.05) is 23.9 Å². The highest BCUT2D eigenvalue weighted by Gasteiger charge is 2.57. The Morgan fingerprint density at radius 1 is 1.21 bits per heavy atom. The molecule has 10 heteroatoms. The smallest absolute Gasteiger partial charge is 0.324 e. The van der Waals surface area contributed by atoms with Crippen molar-refractivity contribution in [1.82, 2.24) is 30.5 Å². The second kappa shape index (κ2) is 5.77. The van der Waals surface area contributed by atoms with Crippen LogP contribution in [0.4, 0.5) is 4.79 Å². The van der Waals surface area contributed by atoms with Crippen LogP contribution in [0.5, 0.6) is 5.75 Å². The third-order valence-corrected chi connectivity index (χ3v) is 5.47. The first kappa shape index (κ1) is 17.2. The zero-order valence-electron chi connectivity index (χ0n) is 15.6. The Hall–Kier alpha value is -3.95. The van der Waals surface area contributed by atoms with Crippen molar-refractivity contribution in [2.75, 3.05) is 7.11 Å². The second-order valence-corrected chi connectivity index (χ2v) is 6.93. The van der Waals surface area contributed by atoms with Gasteiger partial charge in [0.2, 0.25) is 5.66 Å². The van der Waals surface area contributed by atoms with E-state index in [-0.39, 0.29) is 6.54 Å². The predicted molar refractivity (Wildman–Crippen MR) is 99.8 cm³/mol. The van der Waals surface area contributed by atoms with Crippen LogP contribution in [0, 0.1) is 6.92 Å². The molecule has 0 bridgehead atoms. The Balaban J connectivity index is 1.71. The van der Waals surface area contributed by atoms with Gasteiger partial charge in [-0.2, -0.15) is 0 Å². The Labute approximate surface area is 164 Å². The number of carbonyl (C=O) groups excluding carboxylic acids is 3. The second-order valence-electron chi connectivity index (χ2n) is 6.93. The number of amides is 4. The molecular formula is C19H16N6O4. The zero-order valence-corrected chi connectivity index (χ0v) is 15.6. The van der Waals surface area contributed by atoms with Gasteiger partial charge in [0.15, 0.2) is 5.65 Å². The molecular weight excluding hydrogens is 376 g/mol. The first-order valence-electron chi connectivity index (χ1n) is 8.87. The number of fused-ring (bicyclic) bond motifs is 2. The van der Waals surface area contributed by atoms with Crippen LogP contribution in [0.25, 0.3) is 11.2 Å². The number of rotatable bonds is 3. The molecule has 10 nitrogen and oxygen atoms in total. The van der Waals surface area contributed by atoms with E-state index in [9.17, 15) is 14.4 Å². The number of urea groups is 1. The third kappa shape index (κ3) is 2.19. The Bertz CT molecular complexity index is 1220. The fourth-order valence-corrected chi connectivity index (χ4v) is 4.03. The van der Waals surface area contributed by atoms with E-state index >= 15 is 0 Å². The van der Waals surface area contributed by atoms with Gasteiger partial charge in [-0.25, -0.2) is 14.8 Å². The van der Waals surface area contributed by atoms with E-state index in [1.54, 1.807) is 25.1 Å². The van der Waals surface area contributed by atoms with Crippen molar-refractivity contribution < 1.29 is 19.1 Å².